The summed E-state index contributed by atoms with van der Waals surface area (Å²) in [4.78, 5) is 17.0. The lowest BCUT2D eigenvalue weighted by atomic mass is 10.2. The average Bonchev–Trinajstić information content (AvgIpc) is 2.58. The number of aromatic nitrogens is 1. The minimum absolute atomic E-state index is 0.216. The fraction of sp³-hybridized carbons (Fsp3) is 0.636. The molecule has 16 heavy (non-hydrogen) atoms. The Labute approximate surface area is 99.9 Å². The van der Waals surface area contributed by atoms with Gasteiger partial charge < -0.3 is 10.0 Å². The van der Waals surface area contributed by atoms with E-state index in [-0.39, 0.29) is 6.42 Å². The zero-order valence-electron chi connectivity index (χ0n) is 9.93. The van der Waals surface area contributed by atoms with E-state index in [1.807, 2.05) is 12.3 Å². The molecule has 0 aliphatic heterocycles. The molecule has 0 unspecified atom stereocenters. The highest BCUT2D eigenvalue weighted by atomic mass is 32.1. The third-order valence-corrected chi connectivity index (χ3v) is 3.26. The Balaban J connectivity index is 2.58. The highest BCUT2D eigenvalue weighted by Crippen LogP contribution is 2.22. The lowest BCUT2D eigenvalue weighted by Crippen LogP contribution is -2.31. The Morgan fingerprint density at radius 2 is 2.31 bits per heavy atom. The summed E-state index contributed by atoms with van der Waals surface area (Å²) < 4.78 is 0. The molecule has 1 heterocycles. The van der Waals surface area contributed by atoms with E-state index in [2.05, 4.69) is 23.7 Å². The van der Waals surface area contributed by atoms with E-state index in [0.717, 1.165) is 17.4 Å². The SMILES string of the molecule is Cc1csc(N(CCCC(=O)O)C(C)C)n1. The van der Waals surface area contributed by atoms with Crippen LogP contribution in [0.4, 0.5) is 5.13 Å². The number of hydrogen-bond donors (Lipinski definition) is 1. The molecule has 0 saturated carbocycles. The minimum Gasteiger partial charge on any atom is -0.481 e. The summed E-state index contributed by atoms with van der Waals surface area (Å²) in [6.45, 7) is 6.90. The molecule has 0 amide bonds. The standard InChI is InChI=1S/C11H18N2O2S/c1-8(2)13(6-4-5-10(14)15)11-12-9(3)7-16-11/h7-8H,4-6H2,1-3H3,(H,14,15). The average molecular weight is 242 g/mol. The molecule has 4 nitrogen and oxygen atoms in total. The van der Waals surface area contributed by atoms with Gasteiger partial charge in [0, 0.05) is 24.4 Å². The number of aryl methyl sites for hydroxylation is 1. The van der Waals surface area contributed by atoms with Gasteiger partial charge in [-0.25, -0.2) is 4.98 Å². The van der Waals surface area contributed by atoms with Crippen LogP contribution in [-0.4, -0.2) is 28.6 Å². The molecule has 0 spiro atoms. The summed E-state index contributed by atoms with van der Waals surface area (Å²) in [6, 6.07) is 0.347. The van der Waals surface area contributed by atoms with Gasteiger partial charge >= 0.3 is 5.97 Å². The summed E-state index contributed by atoms with van der Waals surface area (Å²) >= 11 is 1.61. The molecule has 0 aromatic carbocycles. The first-order chi connectivity index (χ1) is 7.50. The molecular weight excluding hydrogens is 224 g/mol. The van der Waals surface area contributed by atoms with Crippen molar-refractivity contribution in [2.75, 3.05) is 11.4 Å². The van der Waals surface area contributed by atoms with Gasteiger partial charge in [-0.2, -0.15) is 0 Å². The van der Waals surface area contributed by atoms with Crippen molar-refractivity contribution in [1.29, 1.82) is 0 Å². The molecule has 0 atom stereocenters. The monoisotopic (exact) mass is 242 g/mol. The molecule has 0 fully saturated rings. The second-order valence-electron chi connectivity index (χ2n) is 4.06. The Morgan fingerprint density at radius 3 is 2.75 bits per heavy atom. The molecule has 1 N–H and O–H groups in total. The number of aliphatic carboxylic acids is 1. The van der Waals surface area contributed by atoms with Crippen molar-refractivity contribution in [3.8, 4) is 0 Å². The summed E-state index contributed by atoms with van der Waals surface area (Å²) in [7, 11) is 0. The lowest BCUT2D eigenvalue weighted by Gasteiger charge is -2.25. The highest BCUT2D eigenvalue weighted by molar-refractivity contribution is 7.13. The van der Waals surface area contributed by atoms with Crippen LogP contribution in [0, 0.1) is 6.92 Å². The molecule has 0 bridgehead atoms. The lowest BCUT2D eigenvalue weighted by molar-refractivity contribution is -0.137. The summed E-state index contributed by atoms with van der Waals surface area (Å²) in [6.07, 6.45) is 0.875. The van der Waals surface area contributed by atoms with Gasteiger partial charge in [0.2, 0.25) is 0 Å². The first kappa shape index (κ1) is 13.0. The van der Waals surface area contributed by atoms with Crippen LogP contribution < -0.4 is 4.90 Å². The molecule has 1 aromatic rings. The largest absolute Gasteiger partial charge is 0.481 e. The van der Waals surface area contributed by atoms with Gasteiger partial charge in [-0.05, 0) is 27.2 Å². The normalized spacial score (nSPS) is 10.8. The Hall–Kier alpha value is -1.10. The van der Waals surface area contributed by atoms with Gasteiger partial charge in [0.25, 0.3) is 0 Å². The van der Waals surface area contributed by atoms with Crippen molar-refractivity contribution in [3.05, 3.63) is 11.1 Å². The van der Waals surface area contributed by atoms with Crippen LogP contribution in [-0.2, 0) is 4.79 Å². The van der Waals surface area contributed by atoms with E-state index in [9.17, 15) is 4.79 Å². The van der Waals surface area contributed by atoms with Gasteiger partial charge in [0.1, 0.15) is 0 Å². The zero-order valence-corrected chi connectivity index (χ0v) is 10.8. The number of anilines is 1. The quantitative estimate of drug-likeness (QED) is 0.833. The van der Waals surface area contributed by atoms with Crippen molar-refractivity contribution in [2.24, 2.45) is 0 Å². The second kappa shape index (κ2) is 5.84. The van der Waals surface area contributed by atoms with Crippen LogP contribution in [0.5, 0.6) is 0 Å². The van der Waals surface area contributed by atoms with E-state index < -0.39 is 5.97 Å². The number of hydrogen-bond acceptors (Lipinski definition) is 4. The first-order valence-electron chi connectivity index (χ1n) is 5.41. The van der Waals surface area contributed by atoms with Crippen molar-refractivity contribution in [1.82, 2.24) is 4.98 Å². The predicted molar refractivity (Wildman–Crippen MR) is 66.2 cm³/mol. The summed E-state index contributed by atoms with van der Waals surface area (Å²) in [5.74, 6) is -0.737. The number of thiazole rings is 1. The van der Waals surface area contributed by atoms with Crippen LogP contribution in [0.25, 0.3) is 0 Å². The maximum atomic E-state index is 10.5. The van der Waals surface area contributed by atoms with Crippen molar-refractivity contribution in [3.63, 3.8) is 0 Å². The molecule has 90 valence electrons. The topological polar surface area (TPSA) is 53.4 Å². The van der Waals surface area contributed by atoms with Gasteiger partial charge in [0.15, 0.2) is 5.13 Å². The smallest absolute Gasteiger partial charge is 0.303 e. The molecule has 1 aromatic heterocycles. The van der Waals surface area contributed by atoms with E-state index in [4.69, 9.17) is 5.11 Å². The molecule has 0 radical (unpaired) electrons. The van der Waals surface area contributed by atoms with Crippen LogP contribution in [0.3, 0.4) is 0 Å². The van der Waals surface area contributed by atoms with Crippen molar-refractivity contribution in [2.45, 2.75) is 39.7 Å². The Kier molecular flexibility index (Phi) is 4.73. The van der Waals surface area contributed by atoms with E-state index >= 15 is 0 Å². The Bertz CT molecular complexity index is 350. The Morgan fingerprint density at radius 1 is 1.62 bits per heavy atom. The van der Waals surface area contributed by atoms with Crippen LogP contribution in [0.2, 0.25) is 0 Å². The molecule has 5 heteroatoms. The van der Waals surface area contributed by atoms with Gasteiger partial charge in [-0.15, -0.1) is 11.3 Å². The third kappa shape index (κ3) is 3.81. The van der Waals surface area contributed by atoms with E-state index in [1.54, 1.807) is 11.3 Å². The highest BCUT2D eigenvalue weighted by Gasteiger charge is 2.13. The maximum absolute atomic E-state index is 10.5. The molecular formula is C11H18N2O2S. The third-order valence-electron chi connectivity index (χ3n) is 2.27. The van der Waals surface area contributed by atoms with Gasteiger partial charge in [0.05, 0.1) is 5.69 Å². The van der Waals surface area contributed by atoms with Gasteiger partial charge in [-0.3, -0.25) is 4.79 Å². The summed E-state index contributed by atoms with van der Waals surface area (Å²) in [5.41, 5.74) is 1.02. The fourth-order valence-electron chi connectivity index (χ4n) is 1.45. The van der Waals surface area contributed by atoms with Gasteiger partial charge in [-0.1, -0.05) is 0 Å². The summed E-state index contributed by atoms with van der Waals surface area (Å²) in [5, 5.41) is 11.6. The number of rotatable bonds is 6. The fourth-order valence-corrected chi connectivity index (χ4v) is 2.41. The second-order valence-corrected chi connectivity index (χ2v) is 4.89. The number of nitrogens with zero attached hydrogens (tertiary/aromatic N) is 2. The molecule has 0 aliphatic rings. The van der Waals surface area contributed by atoms with Crippen molar-refractivity contribution >= 4 is 22.4 Å². The van der Waals surface area contributed by atoms with Crippen molar-refractivity contribution < 1.29 is 9.90 Å². The number of carboxylic acids is 1. The maximum Gasteiger partial charge on any atom is 0.303 e. The number of carbonyl (C=O) groups is 1. The molecule has 0 aliphatic carbocycles. The molecule has 0 saturated heterocycles. The van der Waals surface area contributed by atoms with Crippen LogP contribution >= 0.6 is 11.3 Å². The predicted octanol–water partition coefficient (Wildman–Crippen LogP) is 2.53. The van der Waals surface area contributed by atoms with E-state index in [1.165, 1.54) is 0 Å². The van der Waals surface area contributed by atoms with Crippen LogP contribution in [0.1, 0.15) is 32.4 Å². The van der Waals surface area contributed by atoms with Crippen LogP contribution in [0.15, 0.2) is 5.38 Å². The first-order valence-corrected chi connectivity index (χ1v) is 6.29. The zero-order chi connectivity index (χ0) is 12.1. The number of carboxylic acid groups (broad SMARTS) is 1. The molecule has 1 rings (SSSR count). The minimum atomic E-state index is -0.737. The van der Waals surface area contributed by atoms with E-state index in [0.29, 0.717) is 12.5 Å².